The molecule has 1 fully saturated rings. The molecule has 0 spiro atoms. The van der Waals surface area contributed by atoms with Crippen LogP contribution in [0.3, 0.4) is 0 Å². The van der Waals surface area contributed by atoms with E-state index in [0.717, 1.165) is 6.54 Å². The SMILES string of the molecule is C=CC=CCN1CCCC1. The quantitative estimate of drug-likeness (QED) is 0.536. The Morgan fingerprint density at radius 1 is 1.30 bits per heavy atom. The van der Waals surface area contributed by atoms with Crippen LogP contribution in [0.4, 0.5) is 0 Å². The molecule has 0 amide bonds. The molecule has 56 valence electrons. The summed E-state index contributed by atoms with van der Waals surface area (Å²) in [4.78, 5) is 2.46. The van der Waals surface area contributed by atoms with E-state index in [-0.39, 0.29) is 0 Å². The number of hydrogen-bond donors (Lipinski definition) is 0. The lowest BCUT2D eigenvalue weighted by atomic mass is 10.4. The van der Waals surface area contributed by atoms with Crippen LogP contribution in [-0.4, -0.2) is 24.5 Å². The zero-order chi connectivity index (χ0) is 7.23. The second-order valence-corrected chi connectivity index (χ2v) is 2.67. The van der Waals surface area contributed by atoms with Crippen molar-refractivity contribution in [3.63, 3.8) is 0 Å². The number of allylic oxidation sites excluding steroid dienone is 2. The van der Waals surface area contributed by atoms with Crippen molar-refractivity contribution in [2.75, 3.05) is 19.6 Å². The third-order valence-corrected chi connectivity index (χ3v) is 1.83. The summed E-state index contributed by atoms with van der Waals surface area (Å²) in [5, 5.41) is 0. The van der Waals surface area contributed by atoms with E-state index in [0.29, 0.717) is 0 Å². The molecule has 0 N–H and O–H groups in total. The normalized spacial score (nSPS) is 20.4. The molecule has 1 saturated heterocycles. The van der Waals surface area contributed by atoms with Crippen molar-refractivity contribution in [3.8, 4) is 0 Å². The summed E-state index contributed by atoms with van der Waals surface area (Å²) in [6.07, 6.45) is 8.76. The molecule has 0 aromatic carbocycles. The van der Waals surface area contributed by atoms with Crippen LogP contribution < -0.4 is 0 Å². The molecular formula is C9H15N. The van der Waals surface area contributed by atoms with Crippen LogP contribution in [0.25, 0.3) is 0 Å². The summed E-state index contributed by atoms with van der Waals surface area (Å²) in [5.74, 6) is 0. The van der Waals surface area contributed by atoms with E-state index in [1.807, 2.05) is 12.2 Å². The first kappa shape index (κ1) is 7.55. The van der Waals surface area contributed by atoms with Gasteiger partial charge in [0.25, 0.3) is 0 Å². The lowest BCUT2D eigenvalue weighted by molar-refractivity contribution is 0.377. The van der Waals surface area contributed by atoms with Gasteiger partial charge in [-0.25, -0.2) is 0 Å². The highest BCUT2D eigenvalue weighted by Gasteiger charge is 2.07. The lowest BCUT2D eigenvalue weighted by Gasteiger charge is -2.09. The van der Waals surface area contributed by atoms with Crippen LogP contribution in [0.15, 0.2) is 24.8 Å². The molecule has 0 saturated carbocycles. The molecular weight excluding hydrogens is 122 g/mol. The van der Waals surface area contributed by atoms with E-state index in [9.17, 15) is 0 Å². The topological polar surface area (TPSA) is 3.24 Å². The minimum absolute atomic E-state index is 1.10. The van der Waals surface area contributed by atoms with Gasteiger partial charge in [-0.3, -0.25) is 4.90 Å². The summed E-state index contributed by atoms with van der Waals surface area (Å²) in [5.41, 5.74) is 0. The third kappa shape index (κ3) is 2.36. The maximum absolute atomic E-state index is 3.62. The van der Waals surface area contributed by atoms with Crippen LogP contribution in [0, 0.1) is 0 Å². The largest absolute Gasteiger partial charge is 0.300 e. The number of nitrogens with zero attached hydrogens (tertiary/aromatic N) is 1. The van der Waals surface area contributed by atoms with Gasteiger partial charge < -0.3 is 0 Å². The Kier molecular flexibility index (Phi) is 3.23. The number of rotatable bonds is 3. The second-order valence-electron chi connectivity index (χ2n) is 2.67. The van der Waals surface area contributed by atoms with Gasteiger partial charge in [0.1, 0.15) is 0 Å². The van der Waals surface area contributed by atoms with Gasteiger partial charge in [0, 0.05) is 6.54 Å². The molecule has 0 radical (unpaired) electrons. The minimum atomic E-state index is 1.10. The molecule has 0 unspecified atom stereocenters. The smallest absolute Gasteiger partial charge is 0.0166 e. The average molecular weight is 137 g/mol. The van der Waals surface area contributed by atoms with Crippen LogP contribution in [0.2, 0.25) is 0 Å². The molecule has 1 heterocycles. The van der Waals surface area contributed by atoms with Gasteiger partial charge >= 0.3 is 0 Å². The van der Waals surface area contributed by atoms with E-state index in [1.54, 1.807) is 0 Å². The van der Waals surface area contributed by atoms with Gasteiger partial charge in [-0.05, 0) is 25.9 Å². The highest BCUT2D eigenvalue weighted by Crippen LogP contribution is 2.05. The molecule has 1 rings (SSSR count). The second kappa shape index (κ2) is 4.29. The predicted molar refractivity (Wildman–Crippen MR) is 45.0 cm³/mol. The van der Waals surface area contributed by atoms with E-state index < -0.39 is 0 Å². The van der Waals surface area contributed by atoms with Crippen molar-refractivity contribution >= 4 is 0 Å². The summed E-state index contributed by atoms with van der Waals surface area (Å²) >= 11 is 0. The molecule has 1 aliphatic heterocycles. The fourth-order valence-electron chi connectivity index (χ4n) is 1.27. The summed E-state index contributed by atoms with van der Waals surface area (Å²) < 4.78 is 0. The fraction of sp³-hybridized carbons (Fsp3) is 0.556. The van der Waals surface area contributed by atoms with Crippen molar-refractivity contribution in [3.05, 3.63) is 24.8 Å². The summed E-state index contributed by atoms with van der Waals surface area (Å²) in [7, 11) is 0. The summed E-state index contributed by atoms with van der Waals surface area (Å²) in [6, 6.07) is 0. The van der Waals surface area contributed by atoms with Gasteiger partial charge in [0.05, 0.1) is 0 Å². The Morgan fingerprint density at radius 3 is 2.60 bits per heavy atom. The zero-order valence-electron chi connectivity index (χ0n) is 6.42. The standard InChI is InChI=1S/C9H15N/c1-2-3-4-7-10-8-5-6-9-10/h2-4H,1,5-9H2. The Hall–Kier alpha value is -0.560. The molecule has 0 bridgehead atoms. The maximum atomic E-state index is 3.62. The van der Waals surface area contributed by atoms with Gasteiger partial charge in [-0.1, -0.05) is 24.8 Å². The Balaban J connectivity index is 2.12. The number of likely N-dealkylation sites (tertiary alicyclic amines) is 1. The number of hydrogen-bond acceptors (Lipinski definition) is 1. The first-order valence-electron chi connectivity index (χ1n) is 3.93. The monoisotopic (exact) mass is 137 g/mol. The van der Waals surface area contributed by atoms with E-state index in [4.69, 9.17) is 0 Å². The Labute approximate surface area is 63.0 Å². The average Bonchev–Trinajstić information content (AvgIpc) is 2.41. The summed E-state index contributed by atoms with van der Waals surface area (Å²) in [6.45, 7) is 7.28. The van der Waals surface area contributed by atoms with Crippen LogP contribution >= 0.6 is 0 Å². The predicted octanol–water partition coefficient (Wildman–Crippen LogP) is 1.82. The Morgan fingerprint density at radius 2 is 2.00 bits per heavy atom. The van der Waals surface area contributed by atoms with Crippen molar-refractivity contribution < 1.29 is 0 Å². The first-order valence-corrected chi connectivity index (χ1v) is 3.93. The van der Waals surface area contributed by atoms with Crippen LogP contribution in [0.5, 0.6) is 0 Å². The van der Waals surface area contributed by atoms with E-state index >= 15 is 0 Å². The van der Waals surface area contributed by atoms with E-state index in [2.05, 4.69) is 17.6 Å². The van der Waals surface area contributed by atoms with Crippen molar-refractivity contribution in [1.82, 2.24) is 4.90 Å². The highest BCUT2D eigenvalue weighted by atomic mass is 15.1. The molecule has 1 heteroatoms. The zero-order valence-corrected chi connectivity index (χ0v) is 6.42. The van der Waals surface area contributed by atoms with Crippen LogP contribution in [-0.2, 0) is 0 Å². The maximum Gasteiger partial charge on any atom is 0.0166 e. The molecule has 1 nitrogen and oxygen atoms in total. The minimum Gasteiger partial charge on any atom is -0.300 e. The van der Waals surface area contributed by atoms with Crippen molar-refractivity contribution in [2.24, 2.45) is 0 Å². The Bertz CT molecular complexity index is 121. The van der Waals surface area contributed by atoms with Gasteiger partial charge in [0.2, 0.25) is 0 Å². The molecule has 0 aromatic heterocycles. The molecule has 0 aromatic rings. The fourth-order valence-corrected chi connectivity index (χ4v) is 1.27. The first-order chi connectivity index (χ1) is 4.93. The lowest BCUT2D eigenvalue weighted by Crippen LogP contribution is -2.18. The van der Waals surface area contributed by atoms with Crippen molar-refractivity contribution in [2.45, 2.75) is 12.8 Å². The molecule has 0 aliphatic carbocycles. The van der Waals surface area contributed by atoms with Gasteiger partial charge in [-0.15, -0.1) is 0 Å². The van der Waals surface area contributed by atoms with E-state index in [1.165, 1.54) is 25.9 Å². The third-order valence-electron chi connectivity index (χ3n) is 1.83. The van der Waals surface area contributed by atoms with Gasteiger partial charge in [0.15, 0.2) is 0 Å². The molecule has 1 aliphatic rings. The highest BCUT2D eigenvalue weighted by molar-refractivity contribution is 4.98. The van der Waals surface area contributed by atoms with Gasteiger partial charge in [-0.2, -0.15) is 0 Å². The molecule has 0 atom stereocenters. The van der Waals surface area contributed by atoms with Crippen LogP contribution in [0.1, 0.15) is 12.8 Å². The van der Waals surface area contributed by atoms with Crippen molar-refractivity contribution in [1.29, 1.82) is 0 Å². The molecule has 10 heavy (non-hydrogen) atoms.